The minimum Gasteiger partial charge on any atom is -0.487 e. The predicted molar refractivity (Wildman–Crippen MR) is 84.1 cm³/mol. The Morgan fingerprint density at radius 1 is 0.952 bits per heavy atom. The van der Waals surface area contributed by atoms with Crippen molar-refractivity contribution >= 4 is 0 Å². The van der Waals surface area contributed by atoms with Crippen LogP contribution < -0.4 is 4.74 Å². The van der Waals surface area contributed by atoms with E-state index < -0.39 is 0 Å². The first kappa shape index (κ1) is 14.1. The van der Waals surface area contributed by atoms with Gasteiger partial charge in [-0.15, -0.1) is 0 Å². The largest absolute Gasteiger partial charge is 0.487 e. The Morgan fingerprint density at radius 2 is 1.76 bits per heavy atom. The predicted octanol–water partition coefficient (Wildman–Crippen LogP) is 3.65. The van der Waals surface area contributed by atoms with Gasteiger partial charge in [-0.2, -0.15) is 0 Å². The highest BCUT2D eigenvalue weighted by Crippen LogP contribution is 2.17. The molecule has 3 nitrogen and oxygen atoms in total. The number of ether oxygens (including phenoxy) is 1. The third-order valence-corrected chi connectivity index (χ3v) is 3.89. The number of nitrogens with zero attached hydrogens (tertiary/aromatic N) is 2. The van der Waals surface area contributed by atoms with Gasteiger partial charge in [-0.25, -0.2) is 0 Å². The Kier molecular flexibility index (Phi) is 4.85. The topological polar surface area (TPSA) is 25.4 Å². The Hall–Kier alpha value is -1.87. The van der Waals surface area contributed by atoms with Gasteiger partial charge in [0, 0.05) is 12.7 Å². The second-order valence-corrected chi connectivity index (χ2v) is 5.59. The average molecular weight is 282 g/mol. The zero-order chi connectivity index (χ0) is 14.3. The van der Waals surface area contributed by atoms with Crippen LogP contribution in [0.25, 0.3) is 0 Å². The molecule has 3 rings (SSSR count). The van der Waals surface area contributed by atoms with Crippen LogP contribution in [-0.4, -0.2) is 23.0 Å². The molecule has 0 N–H and O–H groups in total. The molecule has 1 aromatic carbocycles. The first-order chi connectivity index (χ1) is 10.4. The van der Waals surface area contributed by atoms with Crippen LogP contribution in [0, 0.1) is 0 Å². The van der Waals surface area contributed by atoms with Gasteiger partial charge in [0.05, 0.1) is 5.69 Å². The number of pyridine rings is 1. The highest BCUT2D eigenvalue weighted by atomic mass is 16.5. The maximum absolute atomic E-state index is 5.76. The Labute approximate surface area is 126 Å². The quantitative estimate of drug-likeness (QED) is 0.837. The number of piperidine rings is 1. The second kappa shape index (κ2) is 7.23. The molecule has 0 spiro atoms. The van der Waals surface area contributed by atoms with Crippen LogP contribution in [-0.2, 0) is 13.2 Å². The van der Waals surface area contributed by atoms with Gasteiger partial charge in [0.1, 0.15) is 12.4 Å². The van der Waals surface area contributed by atoms with E-state index in [-0.39, 0.29) is 0 Å². The van der Waals surface area contributed by atoms with Crippen molar-refractivity contribution in [2.45, 2.75) is 32.4 Å². The lowest BCUT2D eigenvalue weighted by Crippen LogP contribution is -2.28. The van der Waals surface area contributed by atoms with E-state index in [0.29, 0.717) is 6.61 Å². The highest BCUT2D eigenvalue weighted by molar-refractivity contribution is 5.27. The van der Waals surface area contributed by atoms with Crippen molar-refractivity contribution in [3.8, 4) is 5.75 Å². The zero-order valence-electron chi connectivity index (χ0n) is 12.4. The molecule has 0 radical (unpaired) electrons. The SMILES string of the molecule is c1ccc(COc2ccc(CN3CCCCC3)cc2)nc1. The summed E-state index contributed by atoms with van der Waals surface area (Å²) in [6.45, 7) is 4.04. The minimum atomic E-state index is 0.520. The van der Waals surface area contributed by atoms with Crippen LogP contribution in [0.4, 0.5) is 0 Å². The number of likely N-dealkylation sites (tertiary alicyclic amines) is 1. The number of hydrogen-bond acceptors (Lipinski definition) is 3. The van der Waals surface area contributed by atoms with Gasteiger partial charge < -0.3 is 4.74 Å². The summed E-state index contributed by atoms with van der Waals surface area (Å²) in [7, 11) is 0. The van der Waals surface area contributed by atoms with Crippen LogP contribution in [0.15, 0.2) is 48.7 Å². The van der Waals surface area contributed by atoms with Gasteiger partial charge in [0.2, 0.25) is 0 Å². The molecule has 1 aromatic heterocycles. The monoisotopic (exact) mass is 282 g/mol. The molecule has 1 aliphatic rings. The molecular formula is C18H22N2O. The van der Waals surface area contributed by atoms with Gasteiger partial charge in [0.25, 0.3) is 0 Å². The fraction of sp³-hybridized carbons (Fsp3) is 0.389. The van der Waals surface area contributed by atoms with Crippen LogP contribution in [0.3, 0.4) is 0 Å². The normalized spacial score (nSPS) is 15.8. The van der Waals surface area contributed by atoms with Crippen molar-refractivity contribution in [1.82, 2.24) is 9.88 Å². The third kappa shape index (κ3) is 4.30. The average Bonchev–Trinajstić information content (AvgIpc) is 2.56. The van der Waals surface area contributed by atoms with Crippen molar-refractivity contribution in [2.75, 3.05) is 13.1 Å². The molecule has 1 fully saturated rings. The summed E-state index contributed by atoms with van der Waals surface area (Å²) in [6, 6.07) is 14.3. The van der Waals surface area contributed by atoms with Gasteiger partial charge in [-0.05, 0) is 55.8 Å². The summed E-state index contributed by atoms with van der Waals surface area (Å²) >= 11 is 0. The van der Waals surface area contributed by atoms with Gasteiger partial charge in [-0.1, -0.05) is 24.6 Å². The molecule has 2 aromatic rings. The Bertz CT molecular complexity index is 533. The van der Waals surface area contributed by atoms with E-state index >= 15 is 0 Å². The second-order valence-electron chi connectivity index (χ2n) is 5.59. The summed E-state index contributed by atoms with van der Waals surface area (Å²) in [4.78, 5) is 6.79. The Morgan fingerprint density at radius 3 is 2.48 bits per heavy atom. The molecule has 0 saturated carbocycles. The number of benzene rings is 1. The van der Waals surface area contributed by atoms with E-state index in [1.54, 1.807) is 6.20 Å². The summed E-state index contributed by atoms with van der Waals surface area (Å²) in [5.41, 5.74) is 2.32. The molecule has 0 bridgehead atoms. The molecule has 1 saturated heterocycles. The molecule has 0 aliphatic carbocycles. The summed E-state index contributed by atoms with van der Waals surface area (Å²) in [6.07, 6.45) is 5.85. The first-order valence-corrected chi connectivity index (χ1v) is 7.74. The van der Waals surface area contributed by atoms with Crippen molar-refractivity contribution in [2.24, 2.45) is 0 Å². The maximum atomic E-state index is 5.76. The molecule has 0 amide bonds. The molecule has 0 unspecified atom stereocenters. The lowest BCUT2D eigenvalue weighted by molar-refractivity contribution is 0.221. The fourth-order valence-electron chi connectivity index (χ4n) is 2.71. The lowest BCUT2D eigenvalue weighted by Gasteiger charge is -2.26. The molecular weight excluding hydrogens is 260 g/mol. The van der Waals surface area contributed by atoms with Crippen LogP contribution >= 0.6 is 0 Å². The van der Waals surface area contributed by atoms with Crippen LogP contribution in [0.2, 0.25) is 0 Å². The minimum absolute atomic E-state index is 0.520. The van der Waals surface area contributed by atoms with E-state index in [4.69, 9.17) is 4.74 Å². The van der Waals surface area contributed by atoms with Gasteiger partial charge in [0.15, 0.2) is 0 Å². The fourth-order valence-corrected chi connectivity index (χ4v) is 2.71. The molecule has 21 heavy (non-hydrogen) atoms. The standard InChI is InChI=1S/C18H22N2O/c1-4-12-20(13-5-1)14-16-7-9-18(10-8-16)21-15-17-6-2-3-11-19-17/h2-3,6-11H,1,4-5,12-15H2. The third-order valence-electron chi connectivity index (χ3n) is 3.89. The lowest BCUT2D eigenvalue weighted by atomic mass is 10.1. The van der Waals surface area contributed by atoms with Crippen LogP contribution in [0.1, 0.15) is 30.5 Å². The smallest absolute Gasteiger partial charge is 0.130 e. The van der Waals surface area contributed by atoms with Crippen molar-refractivity contribution in [3.05, 3.63) is 59.9 Å². The van der Waals surface area contributed by atoms with Crippen molar-refractivity contribution < 1.29 is 4.74 Å². The number of rotatable bonds is 5. The van der Waals surface area contributed by atoms with Gasteiger partial charge in [-0.3, -0.25) is 9.88 Å². The summed E-state index contributed by atoms with van der Waals surface area (Å²) < 4.78 is 5.76. The maximum Gasteiger partial charge on any atom is 0.130 e. The summed E-state index contributed by atoms with van der Waals surface area (Å²) in [5.74, 6) is 0.906. The van der Waals surface area contributed by atoms with E-state index in [1.807, 2.05) is 18.2 Å². The first-order valence-electron chi connectivity index (χ1n) is 7.74. The van der Waals surface area contributed by atoms with Gasteiger partial charge >= 0.3 is 0 Å². The molecule has 1 aliphatic heterocycles. The summed E-state index contributed by atoms with van der Waals surface area (Å²) in [5, 5.41) is 0. The zero-order valence-corrected chi connectivity index (χ0v) is 12.4. The van der Waals surface area contributed by atoms with Crippen molar-refractivity contribution in [1.29, 1.82) is 0 Å². The van der Waals surface area contributed by atoms with E-state index in [1.165, 1.54) is 37.9 Å². The molecule has 3 heteroatoms. The molecule has 0 atom stereocenters. The molecule has 110 valence electrons. The van der Waals surface area contributed by atoms with Crippen molar-refractivity contribution in [3.63, 3.8) is 0 Å². The van der Waals surface area contributed by atoms with E-state index in [2.05, 4.69) is 34.1 Å². The van der Waals surface area contributed by atoms with E-state index in [0.717, 1.165) is 18.0 Å². The molecule has 2 heterocycles. The number of aromatic nitrogens is 1. The number of hydrogen-bond donors (Lipinski definition) is 0. The highest BCUT2D eigenvalue weighted by Gasteiger charge is 2.10. The van der Waals surface area contributed by atoms with Crippen LogP contribution in [0.5, 0.6) is 5.75 Å². The van der Waals surface area contributed by atoms with E-state index in [9.17, 15) is 0 Å². The Balaban J connectivity index is 1.51.